The molecule has 58 heavy (non-hydrogen) atoms. The van der Waals surface area contributed by atoms with Gasteiger partial charge >= 0.3 is 0 Å². The molecule has 0 atom stereocenters. The van der Waals surface area contributed by atoms with E-state index in [1.165, 1.54) is 58.1 Å². The number of hydrogen-bond acceptors (Lipinski definition) is 4. The van der Waals surface area contributed by atoms with Crippen LogP contribution in [0.15, 0.2) is 187 Å². The minimum Gasteiger partial charge on any atom is -0.456 e. The number of fused-ring (bicyclic) bond motifs is 15. The van der Waals surface area contributed by atoms with Crippen molar-refractivity contribution in [1.29, 1.82) is 0 Å². The minimum absolute atomic E-state index is 0.871. The summed E-state index contributed by atoms with van der Waals surface area (Å²) < 4.78 is 9.36. The molecule has 3 nitrogen and oxygen atoms in total. The Morgan fingerprint density at radius 2 is 0.948 bits per heavy atom. The van der Waals surface area contributed by atoms with Crippen molar-refractivity contribution in [3.63, 3.8) is 0 Å². The monoisotopic (exact) mass is 754 g/mol. The number of aromatic nitrogens is 2. The van der Waals surface area contributed by atoms with Crippen molar-refractivity contribution in [3.05, 3.63) is 182 Å². The van der Waals surface area contributed by atoms with E-state index in [-0.39, 0.29) is 0 Å². The van der Waals surface area contributed by atoms with Gasteiger partial charge in [0.2, 0.25) is 0 Å². The van der Waals surface area contributed by atoms with Gasteiger partial charge in [0.25, 0.3) is 0 Å². The maximum Gasteiger partial charge on any atom is 0.136 e. The maximum atomic E-state index is 6.76. The highest BCUT2D eigenvalue weighted by Crippen LogP contribution is 2.42. The Morgan fingerprint density at radius 1 is 0.345 bits per heavy atom. The van der Waals surface area contributed by atoms with Crippen LogP contribution in [0.4, 0.5) is 0 Å². The van der Waals surface area contributed by atoms with Crippen LogP contribution < -0.4 is 0 Å². The molecule has 0 aliphatic rings. The molecule has 0 bridgehead atoms. The summed E-state index contributed by atoms with van der Waals surface area (Å²) in [6.45, 7) is 0. The molecule has 0 aliphatic heterocycles. The lowest BCUT2D eigenvalue weighted by Crippen LogP contribution is -1.91. The molecule has 0 amide bonds. The second-order valence-electron chi connectivity index (χ2n) is 15.3. The number of benzene rings is 9. The summed E-state index contributed by atoms with van der Waals surface area (Å²) in [4.78, 5) is 10.0. The summed E-state index contributed by atoms with van der Waals surface area (Å²) in [5, 5.41) is 14.4. The Morgan fingerprint density at radius 3 is 1.74 bits per heavy atom. The Bertz CT molecular complexity index is 3870. The lowest BCUT2D eigenvalue weighted by atomic mass is 9.92. The summed E-state index contributed by atoms with van der Waals surface area (Å²) >= 11 is 1.85. The Hall–Kier alpha value is -7.40. The number of rotatable bonds is 3. The lowest BCUT2D eigenvalue weighted by molar-refractivity contribution is 0.669. The summed E-state index contributed by atoms with van der Waals surface area (Å²) in [5.41, 5.74) is 10.0. The second-order valence-corrected chi connectivity index (χ2v) is 16.4. The highest BCUT2D eigenvalue weighted by molar-refractivity contribution is 7.25. The molecule has 0 radical (unpaired) electrons. The van der Waals surface area contributed by atoms with E-state index in [9.17, 15) is 0 Å². The van der Waals surface area contributed by atoms with E-state index in [0.29, 0.717) is 0 Å². The Kier molecular flexibility index (Phi) is 6.60. The highest BCUT2D eigenvalue weighted by atomic mass is 32.1. The number of hydrogen-bond donors (Lipinski definition) is 0. The van der Waals surface area contributed by atoms with Gasteiger partial charge < -0.3 is 4.42 Å². The van der Waals surface area contributed by atoms with Gasteiger partial charge in [0, 0.05) is 53.5 Å². The first-order valence-electron chi connectivity index (χ1n) is 19.6. The molecule has 0 fully saturated rings. The average Bonchev–Trinajstić information content (AvgIpc) is 3.85. The Labute approximate surface area is 336 Å². The van der Waals surface area contributed by atoms with Crippen LogP contribution in [0.3, 0.4) is 0 Å². The molecule has 0 spiro atoms. The molecule has 0 saturated heterocycles. The van der Waals surface area contributed by atoms with Crippen molar-refractivity contribution in [2.75, 3.05) is 0 Å². The van der Waals surface area contributed by atoms with Gasteiger partial charge in [0.1, 0.15) is 11.2 Å². The van der Waals surface area contributed by atoms with E-state index in [0.717, 1.165) is 71.7 Å². The topological polar surface area (TPSA) is 38.9 Å². The molecule has 0 N–H and O–H groups in total. The average molecular weight is 755 g/mol. The molecule has 0 saturated carbocycles. The lowest BCUT2D eigenvalue weighted by Gasteiger charge is -2.12. The van der Waals surface area contributed by atoms with Crippen molar-refractivity contribution in [1.82, 2.24) is 9.97 Å². The van der Waals surface area contributed by atoms with Crippen LogP contribution in [0.25, 0.3) is 130 Å². The fourth-order valence-electron chi connectivity index (χ4n) is 9.25. The van der Waals surface area contributed by atoms with Gasteiger partial charge in [-0.05, 0) is 127 Å². The molecule has 9 aromatic carbocycles. The fraction of sp³-hybridized carbons (Fsp3) is 0. The van der Waals surface area contributed by atoms with Crippen LogP contribution in [-0.4, -0.2) is 9.97 Å². The zero-order valence-corrected chi connectivity index (χ0v) is 31.8. The van der Waals surface area contributed by atoms with Gasteiger partial charge in [-0.25, -0.2) is 4.98 Å². The second kappa shape index (κ2) is 12.1. The van der Waals surface area contributed by atoms with E-state index < -0.39 is 0 Å². The van der Waals surface area contributed by atoms with Gasteiger partial charge in [0.05, 0.1) is 16.7 Å². The maximum absolute atomic E-state index is 6.76. The summed E-state index contributed by atoms with van der Waals surface area (Å²) in [7, 11) is 0. The van der Waals surface area contributed by atoms with Crippen LogP contribution >= 0.6 is 11.3 Å². The molecule has 4 aromatic heterocycles. The molecule has 0 aliphatic carbocycles. The van der Waals surface area contributed by atoms with Crippen molar-refractivity contribution in [2.45, 2.75) is 0 Å². The van der Waals surface area contributed by atoms with Crippen LogP contribution in [0.1, 0.15) is 0 Å². The van der Waals surface area contributed by atoms with Crippen molar-refractivity contribution >= 4 is 108 Å². The minimum atomic E-state index is 0.871. The third-order valence-electron chi connectivity index (χ3n) is 12.0. The molecule has 4 heterocycles. The normalized spacial score (nSPS) is 12.1. The Balaban J connectivity index is 1.02. The SMILES string of the molecule is c1cnc2c(c1)ccc1ccc(-c3cc(-c4ccc5c(c4)oc4cc6c7ccccc7c7ccccc7c6cc45)cc(-c4ccc5sc6ccccc6c5c4)c3)nc12. The third-order valence-corrected chi connectivity index (χ3v) is 13.2. The first kappa shape index (κ1) is 31.8. The van der Waals surface area contributed by atoms with Crippen LogP contribution in [0, 0.1) is 0 Å². The van der Waals surface area contributed by atoms with Crippen LogP contribution in [0.2, 0.25) is 0 Å². The van der Waals surface area contributed by atoms with E-state index >= 15 is 0 Å². The zero-order valence-electron chi connectivity index (χ0n) is 31.0. The summed E-state index contributed by atoms with van der Waals surface area (Å²) in [5.74, 6) is 0. The smallest absolute Gasteiger partial charge is 0.136 e. The molecule has 4 heteroatoms. The summed E-state index contributed by atoms with van der Waals surface area (Å²) in [6, 6.07) is 63.8. The van der Waals surface area contributed by atoms with Crippen molar-refractivity contribution in [3.8, 4) is 33.5 Å². The molecular weight excluding hydrogens is 725 g/mol. The predicted octanol–water partition coefficient (Wildman–Crippen LogP) is 15.5. The predicted molar refractivity (Wildman–Crippen MR) is 246 cm³/mol. The van der Waals surface area contributed by atoms with Gasteiger partial charge in [0.15, 0.2) is 0 Å². The van der Waals surface area contributed by atoms with Crippen molar-refractivity contribution < 1.29 is 4.42 Å². The summed E-state index contributed by atoms with van der Waals surface area (Å²) in [6.07, 6.45) is 1.85. The molecular formula is C54H30N2OS. The first-order chi connectivity index (χ1) is 28.7. The van der Waals surface area contributed by atoms with Crippen molar-refractivity contribution in [2.24, 2.45) is 0 Å². The number of nitrogens with zero attached hydrogens (tertiary/aromatic N) is 2. The van der Waals surface area contributed by atoms with Crippen LogP contribution in [0.5, 0.6) is 0 Å². The molecule has 13 aromatic rings. The molecule has 268 valence electrons. The molecule has 13 rings (SSSR count). The van der Waals surface area contributed by atoms with E-state index in [1.54, 1.807) is 0 Å². The largest absolute Gasteiger partial charge is 0.456 e. The van der Waals surface area contributed by atoms with Gasteiger partial charge in [-0.15, -0.1) is 11.3 Å². The zero-order chi connectivity index (χ0) is 37.9. The van der Waals surface area contributed by atoms with Gasteiger partial charge in [-0.1, -0.05) is 103 Å². The number of pyridine rings is 2. The quantitative estimate of drug-likeness (QED) is 0.169. The number of thiophene rings is 1. The third kappa shape index (κ3) is 4.73. The van der Waals surface area contributed by atoms with E-state index in [4.69, 9.17) is 14.4 Å². The number of furan rings is 1. The molecule has 0 unspecified atom stereocenters. The van der Waals surface area contributed by atoms with Gasteiger partial charge in [-0.2, -0.15) is 0 Å². The fourth-order valence-corrected chi connectivity index (χ4v) is 10.3. The van der Waals surface area contributed by atoms with Crippen LogP contribution in [-0.2, 0) is 0 Å². The van der Waals surface area contributed by atoms with E-state index in [1.807, 2.05) is 23.6 Å². The highest BCUT2D eigenvalue weighted by Gasteiger charge is 2.17. The van der Waals surface area contributed by atoms with Gasteiger partial charge in [-0.3, -0.25) is 4.98 Å². The standard InChI is InChI=1S/C54H30N2OS/c1-3-11-40-38(9-1)39-10-2-4-12-41(39)45-30-50-46(29-44(40)45)42-20-17-34(28-49(42)57-50)36-24-35(33-19-22-52-47(27-33)43-13-5-6-14-51(43)58-52)25-37(26-36)48-21-18-32-16-15-31-8-7-23-55-53(31)54(32)56-48/h1-30H. The van der Waals surface area contributed by atoms with E-state index in [2.05, 4.69) is 170 Å². The first-order valence-corrected chi connectivity index (χ1v) is 20.4.